The Labute approximate surface area is 214 Å². The molecule has 0 bridgehead atoms. The summed E-state index contributed by atoms with van der Waals surface area (Å²) in [4.78, 5) is 21.5. The van der Waals surface area contributed by atoms with Gasteiger partial charge in [-0.15, -0.1) is 0 Å². The highest BCUT2D eigenvalue weighted by molar-refractivity contribution is 6.30. The largest absolute Gasteiger partial charge is 0.354 e. The minimum Gasteiger partial charge on any atom is -0.354 e. The number of amides is 2. The number of hydrogen-bond donors (Lipinski definition) is 2. The first-order valence-electron chi connectivity index (χ1n) is 12.1. The number of carbonyl (C=O) groups excluding carboxylic acids is 1. The quantitative estimate of drug-likeness (QED) is 0.494. The standard InChI is InChI=1S/C26H29ClFN7O/c1-17-22(15-23(33-32-17)20-13-18(27)3-4-21(20)28)30-19-5-9-29-24(14-19)31-25(36)35-11-7-26(8-12-35)6-10-34(2)16-26/h3-5,9,13-15H,6-8,10-12,16H2,1-2H3,(H2,29,30,31,33,36). The van der Waals surface area contributed by atoms with E-state index in [4.69, 9.17) is 11.6 Å². The number of nitrogens with zero attached hydrogens (tertiary/aromatic N) is 5. The summed E-state index contributed by atoms with van der Waals surface area (Å²) in [6.07, 6.45) is 4.90. The molecule has 5 rings (SSSR count). The van der Waals surface area contributed by atoms with Crippen molar-refractivity contribution >= 4 is 34.8 Å². The van der Waals surface area contributed by atoms with Crippen LogP contribution in [0.5, 0.6) is 0 Å². The van der Waals surface area contributed by atoms with Crippen LogP contribution in [0.3, 0.4) is 0 Å². The van der Waals surface area contributed by atoms with Crippen molar-refractivity contribution in [3.05, 3.63) is 59.1 Å². The zero-order valence-corrected chi connectivity index (χ0v) is 21.1. The normalized spacial score (nSPS) is 17.4. The zero-order valence-electron chi connectivity index (χ0n) is 20.4. The van der Waals surface area contributed by atoms with Gasteiger partial charge < -0.3 is 15.1 Å². The van der Waals surface area contributed by atoms with Gasteiger partial charge in [-0.05, 0) is 75.5 Å². The maximum atomic E-state index is 14.3. The lowest BCUT2D eigenvalue weighted by Crippen LogP contribution is -2.45. The lowest BCUT2D eigenvalue weighted by Gasteiger charge is -2.39. The van der Waals surface area contributed by atoms with E-state index in [1.165, 1.54) is 24.6 Å². The molecule has 0 aliphatic carbocycles. The molecule has 0 atom stereocenters. The lowest BCUT2D eigenvalue weighted by atomic mass is 9.78. The summed E-state index contributed by atoms with van der Waals surface area (Å²) in [5.74, 6) is 0.0210. The van der Waals surface area contributed by atoms with Crippen molar-refractivity contribution in [3.8, 4) is 11.3 Å². The number of halogens is 2. The molecule has 4 heterocycles. The number of urea groups is 1. The number of anilines is 3. The molecular weight excluding hydrogens is 481 g/mol. The molecule has 2 amide bonds. The number of rotatable bonds is 4. The van der Waals surface area contributed by atoms with Crippen LogP contribution < -0.4 is 10.6 Å². The van der Waals surface area contributed by atoms with E-state index in [0.29, 0.717) is 39.0 Å². The predicted octanol–water partition coefficient (Wildman–Crippen LogP) is 5.33. The summed E-state index contributed by atoms with van der Waals surface area (Å²) >= 11 is 6.04. The monoisotopic (exact) mass is 509 g/mol. The number of carbonyl (C=O) groups is 1. The second-order valence-corrected chi connectivity index (χ2v) is 10.2. The Morgan fingerprint density at radius 1 is 1.08 bits per heavy atom. The Kier molecular flexibility index (Phi) is 6.77. The number of piperidine rings is 1. The molecule has 2 fully saturated rings. The predicted molar refractivity (Wildman–Crippen MR) is 139 cm³/mol. The van der Waals surface area contributed by atoms with Gasteiger partial charge in [0, 0.05) is 48.2 Å². The van der Waals surface area contributed by atoms with E-state index in [-0.39, 0.29) is 11.6 Å². The lowest BCUT2D eigenvalue weighted by molar-refractivity contribution is 0.128. The third-order valence-corrected chi connectivity index (χ3v) is 7.43. The van der Waals surface area contributed by atoms with E-state index in [2.05, 4.69) is 37.8 Å². The van der Waals surface area contributed by atoms with Gasteiger partial charge in [0.1, 0.15) is 11.6 Å². The number of hydrogen-bond acceptors (Lipinski definition) is 6. The fraction of sp³-hybridized carbons (Fsp3) is 0.385. The smallest absolute Gasteiger partial charge is 0.323 e. The minimum atomic E-state index is -0.430. The highest BCUT2D eigenvalue weighted by Gasteiger charge is 2.40. The van der Waals surface area contributed by atoms with Crippen LogP contribution in [-0.2, 0) is 0 Å². The maximum absolute atomic E-state index is 14.3. The topological polar surface area (TPSA) is 86.3 Å². The van der Waals surface area contributed by atoms with E-state index in [1.54, 1.807) is 24.4 Å². The van der Waals surface area contributed by atoms with Crippen molar-refractivity contribution in [1.29, 1.82) is 0 Å². The van der Waals surface area contributed by atoms with E-state index in [1.807, 2.05) is 11.8 Å². The maximum Gasteiger partial charge on any atom is 0.323 e. The third kappa shape index (κ3) is 5.27. The molecule has 36 heavy (non-hydrogen) atoms. The first kappa shape index (κ1) is 24.4. The molecule has 0 saturated carbocycles. The van der Waals surface area contributed by atoms with Crippen LogP contribution in [0.2, 0.25) is 5.02 Å². The molecule has 10 heteroatoms. The highest BCUT2D eigenvalue weighted by atomic mass is 35.5. The van der Waals surface area contributed by atoms with Crippen LogP contribution in [0.1, 0.15) is 25.0 Å². The minimum absolute atomic E-state index is 0.138. The number of likely N-dealkylation sites (tertiary alicyclic amines) is 2. The number of aryl methyl sites for hydroxylation is 1. The van der Waals surface area contributed by atoms with Crippen molar-refractivity contribution in [3.63, 3.8) is 0 Å². The fourth-order valence-electron chi connectivity index (χ4n) is 5.08. The molecule has 188 valence electrons. The number of aromatic nitrogens is 3. The second-order valence-electron chi connectivity index (χ2n) is 9.81. The van der Waals surface area contributed by atoms with Crippen molar-refractivity contribution in [2.24, 2.45) is 5.41 Å². The molecule has 2 aliphatic heterocycles. The van der Waals surface area contributed by atoms with Crippen LogP contribution in [0, 0.1) is 18.2 Å². The summed E-state index contributed by atoms with van der Waals surface area (Å²) in [6, 6.07) is 9.45. The first-order valence-corrected chi connectivity index (χ1v) is 12.5. The Bertz CT molecular complexity index is 1280. The van der Waals surface area contributed by atoms with E-state index in [9.17, 15) is 9.18 Å². The molecule has 1 spiro atoms. The summed E-state index contributed by atoms with van der Waals surface area (Å²) in [6.45, 7) is 5.57. The van der Waals surface area contributed by atoms with Crippen LogP contribution in [0.25, 0.3) is 11.3 Å². The van der Waals surface area contributed by atoms with Gasteiger partial charge in [-0.1, -0.05) is 11.6 Å². The Morgan fingerprint density at radius 2 is 1.86 bits per heavy atom. The van der Waals surface area contributed by atoms with Gasteiger partial charge in [0.15, 0.2) is 0 Å². The SMILES string of the molecule is Cc1nnc(-c2cc(Cl)ccc2F)cc1Nc1ccnc(NC(=O)N2CCC3(CCN(C)C3)CC2)c1. The number of nitrogens with one attached hydrogen (secondary N) is 2. The number of pyridine rings is 1. The molecular formula is C26H29ClFN7O. The van der Waals surface area contributed by atoms with Gasteiger partial charge >= 0.3 is 6.03 Å². The van der Waals surface area contributed by atoms with Gasteiger partial charge in [-0.3, -0.25) is 5.32 Å². The Balaban J connectivity index is 1.26. The van der Waals surface area contributed by atoms with Gasteiger partial charge in [0.25, 0.3) is 0 Å². The molecule has 2 saturated heterocycles. The Morgan fingerprint density at radius 3 is 2.61 bits per heavy atom. The van der Waals surface area contributed by atoms with E-state index >= 15 is 0 Å². The average molecular weight is 510 g/mol. The van der Waals surface area contributed by atoms with Gasteiger partial charge in [-0.2, -0.15) is 10.2 Å². The van der Waals surface area contributed by atoms with Crippen molar-refractivity contribution in [2.45, 2.75) is 26.2 Å². The van der Waals surface area contributed by atoms with Crippen LogP contribution >= 0.6 is 11.6 Å². The molecule has 2 aliphatic rings. The van der Waals surface area contributed by atoms with Gasteiger partial charge in [0.05, 0.1) is 17.1 Å². The fourth-order valence-corrected chi connectivity index (χ4v) is 5.25. The third-order valence-electron chi connectivity index (χ3n) is 7.20. The van der Waals surface area contributed by atoms with Gasteiger partial charge in [0.2, 0.25) is 0 Å². The highest BCUT2D eigenvalue weighted by Crippen LogP contribution is 2.39. The molecule has 8 nitrogen and oxygen atoms in total. The van der Waals surface area contributed by atoms with Crippen molar-refractivity contribution in [2.75, 3.05) is 43.9 Å². The van der Waals surface area contributed by atoms with E-state index < -0.39 is 5.82 Å². The summed E-state index contributed by atoms with van der Waals surface area (Å²) in [5, 5.41) is 14.9. The summed E-state index contributed by atoms with van der Waals surface area (Å²) < 4.78 is 14.3. The molecule has 0 radical (unpaired) electrons. The first-order chi connectivity index (χ1) is 17.3. The van der Waals surface area contributed by atoms with Gasteiger partial charge in [-0.25, -0.2) is 14.2 Å². The Hall–Kier alpha value is -3.30. The van der Waals surface area contributed by atoms with Crippen molar-refractivity contribution < 1.29 is 9.18 Å². The molecule has 3 aromatic rings. The van der Waals surface area contributed by atoms with Crippen LogP contribution in [0.4, 0.5) is 26.4 Å². The second kappa shape index (κ2) is 9.99. The van der Waals surface area contributed by atoms with Crippen LogP contribution in [-0.4, -0.2) is 64.2 Å². The van der Waals surface area contributed by atoms with Crippen molar-refractivity contribution in [1.82, 2.24) is 25.0 Å². The van der Waals surface area contributed by atoms with E-state index in [0.717, 1.165) is 39.0 Å². The molecule has 0 unspecified atom stereocenters. The summed E-state index contributed by atoms with van der Waals surface area (Å²) in [7, 11) is 2.17. The average Bonchev–Trinajstić information content (AvgIpc) is 3.22. The molecule has 1 aromatic carbocycles. The molecule has 2 aromatic heterocycles. The number of benzene rings is 1. The zero-order chi connectivity index (χ0) is 25.3. The molecule has 2 N–H and O–H groups in total. The van der Waals surface area contributed by atoms with Crippen LogP contribution in [0.15, 0.2) is 42.6 Å². The summed E-state index contributed by atoms with van der Waals surface area (Å²) in [5.41, 5.74) is 3.00.